The first-order valence-corrected chi connectivity index (χ1v) is 5.39. The van der Waals surface area contributed by atoms with E-state index in [-0.39, 0.29) is 11.9 Å². The molecule has 0 bridgehead atoms. The highest BCUT2D eigenvalue weighted by atomic mass is 19.1. The zero-order valence-electron chi connectivity index (χ0n) is 9.46. The number of rotatable bonds is 2. The number of aromatic nitrogens is 1. The van der Waals surface area contributed by atoms with Crippen LogP contribution in [0.4, 0.5) is 4.39 Å². The van der Waals surface area contributed by atoms with Crippen LogP contribution in [-0.2, 0) is 0 Å². The van der Waals surface area contributed by atoms with E-state index in [1.165, 1.54) is 0 Å². The van der Waals surface area contributed by atoms with Crippen LogP contribution in [0.5, 0.6) is 0 Å². The summed E-state index contributed by atoms with van der Waals surface area (Å²) in [7, 11) is 0. The topological polar surface area (TPSA) is 42.0 Å². The summed E-state index contributed by atoms with van der Waals surface area (Å²) in [5.41, 5.74) is 0.281. The van der Waals surface area contributed by atoms with E-state index in [4.69, 9.17) is 0 Å². The summed E-state index contributed by atoms with van der Waals surface area (Å²) in [4.78, 5) is 15.8. The zero-order valence-corrected chi connectivity index (χ0v) is 9.46. The normalized spacial score (nSPS) is 28.3. The molecular formula is C12H15FN2O. The first-order chi connectivity index (χ1) is 7.46. The van der Waals surface area contributed by atoms with Gasteiger partial charge in [-0.15, -0.1) is 0 Å². The van der Waals surface area contributed by atoms with Crippen LogP contribution in [0.25, 0.3) is 0 Å². The van der Waals surface area contributed by atoms with Crippen molar-refractivity contribution in [2.24, 2.45) is 0 Å². The lowest BCUT2D eigenvalue weighted by molar-refractivity contribution is 0.0445. The van der Waals surface area contributed by atoms with Crippen molar-refractivity contribution in [3.05, 3.63) is 29.6 Å². The molecule has 86 valence electrons. The minimum Gasteiger partial charge on any atom is -0.349 e. The van der Waals surface area contributed by atoms with Gasteiger partial charge in [0.2, 0.25) is 0 Å². The largest absolute Gasteiger partial charge is 0.349 e. The molecule has 1 saturated carbocycles. The molecule has 2 rings (SSSR count). The van der Waals surface area contributed by atoms with Crippen LogP contribution in [0.15, 0.2) is 18.3 Å². The SMILES string of the molecule is Cc1cc(C(=O)NC2CC(C)(F)C2)ccn1. The molecule has 1 aliphatic rings. The minimum absolute atomic E-state index is 0.0315. The molecule has 1 N–H and O–H groups in total. The van der Waals surface area contributed by atoms with Crippen molar-refractivity contribution < 1.29 is 9.18 Å². The van der Waals surface area contributed by atoms with Gasteiger partial charge >= 0.3 is 0 Å². The third kappa shape index (κ3) is 2.38. The number of nitrogens with zero attached hydrogens (tertiary/aromatic N) is 1. The van der Waals surface area contributed by atoms with Crippen LogP contribution in [0.3, 0.4) is 0 Å². The van der Waals surface area contributed by atoms with E-state index in [0.29, 0.717) is 18.4 Å². The molecule has 1 heterocycles. The maximum absolute atomic E-state index is 13.2. The number of carbonyl (C=O) groups is 1. The van der Waals surface area contributed by atoms with Crippen LogP contribution >= 0.6 is 0 Å². The van der Waals surface area contributed by atoms with Crippen molar-refractivity contribution in [3.8, 4) is 0 Å². The number of aryl methyl sites for hydroxylation is 1. The second-order valence-electron chi connectivity index (χ2n) is 4.68. The highest BCUT2D eigenvalue weighted by Gasteiger charge is 2.41. The lowest BCUT2D eigenvalue weighted by Crippen LogP contribution is -2.51. The van der Waals surface area contributed by atoms with Crippen LogP contribution < -0.4 is 5.32 Å². The van der Waals surface area contributed by atoms with Crippen molar-refractivity contribution in [3.63, 3.8) is 0 Å². The van der Waals surface area contributed by atoms with Crippen molar-refractivity contribution in [2.45, 2.75) is 38.4 Å². The molecule has 0 saturated heterocycles. The van der Waals surface area contributed by atoms with Gasteiger partial charge in [0.15, 0.2) is 0 Å². The lowest BCUT2D eigenvalue weighted by atomic mass is 9.79. The standard InChI is InChI=1S/C12H15FN2O/c1-8-5-9(3-4-14-8)11(16)15-10-6-12(2,13)7-10/h3-5,10H,6-7H2,1-2H3,(H,15,16). The molecule has 0 radical (unpaired) electrons. The summed E-state index contributed by atoms with van der Waals surface area (Å²) in [6.07, 6.45) is 2.41. The van der Waals surface area contributed by atoms with E-state index < -0.39 is 5.67 Å². The summed E-state index contributed by atoms with van der Waals surface area (Å²) in [6, 6.07) is 3.36. The Bertz CT molecular complexity index is 409. The average Bonchev–Trinajstić information content (AvgIpc) is 2.14. The predicted molar refractivity (Wildman–Crippen MR) is 59.0 cm³/mol. The molecule has 1 aromatic heterocycles. The second-order valence-corrected chi connectivity index (χ2v) is 4.68. The highest BCUT2D eigenvalue weighted by molar-refractivity contribution is 5.94. The first kappa shape index (κ1) is 11.0. The maximum Gasteiger partial charge on any atom is 0.251 e. The third-order valence-corrected chi connectivity index (χ3v) is 2.84. The van der Waals surface area contributed by atoms with Gasteiger partial charge in [-0.2, -0.15) is 0 Å². The molecule has 0 unspecified atom stereocenters. The van der Waals surface area contributed by atoms with Crippen LogP contribution in [-0.4, -0.2) is 22.6 Å². The molecule has 16 heavy (non-hydrogen) atoms. The Morgan fingerprint density at radius 2 is 2.31 bits per heavy atom. The van der Waals surface area contributed by atoms with E-state index in [2.05, 4.69) is 10.3 Å². The number of nitrogens with one attached hydrogen (secondary N) is 1. The van der Waals surface area contributed by atoms with Crippen LogP contribution in [0, 0.1) is 6.92 Å². The number of halogens is 1. The number of amides is 1. The summed E-state index contributed by atoms with van der Waals surface area (Å²) in [5, 5.41) is 2.81. The van der Waals surface area contributed by atoms with Gasteiger partial charge < -0.3 is 5.32 Å². The highest BCUT2D eigenvalue weighted by Crippen LogP contribution is 2.35. The van der Waals surface area contributed by atoms with Crippen molar-refractivity contribution >= 4 is 5.91 Å². The van der Waals surface area contributed by atoms with Crippen LogP contribution in [0.2, 0.25) is 0 Å². The summed E-state index contributed by atoms with van der Waals surface area (Å²) >= 11 is 0. The molecule has 0 aromatic carbocycles. The van der Waals surface area contributed by atoms with E-state index in [9.17, 15) is 9.18 Å². The van der Waals surface area contributed by atoms with Gasteiger partial charge in [0.25, 0.3) is 5.91 Å². The Balaban J connectivity index is 1.94. The number of hydrogen-bond acceptors (Lipinski definition) is 2. The van der Waals surface area contributed by atoms with Gasteiger partial charge in [-0.25, -0.2) is 4.39 Å². The zero-order chi connectivity index (χ0) is 11.8. The van der Waals surface area contributed by atoms with Gasteiger partial charge in [0.1, 0.15) is 5.67 Å². The number of carbonyl (C=O) groups excluding carboxylic acids is 1. The van der Waals surface area contributed by atoms with Gasteiger partial charge in [0, 0.05) is 36.3 Å². The number of pyridine rings is 1. The third-order valence-electron chi connectivity index (χ3n) is 2.84. The fourth-order valence-electron chi connectivity index (χ4n) is 2.03. The van der Waals surface area contributed by atoms with Crippen LogP contribution in [0.1, 0.15) is 35.8 Å². The Morgan fingerprint density at radius 1 is 1.62 bits per heavy atom. The second kappa shape index (κ2) is 3.85. The van der Waals surface area contributed by atoms with E-state index in [1.807, 2.05) is 6.92 Å². The molecule has 1 aliphatic carbocycles. The maximum atomic E-state index is 13.2. The fourth-order valence-corrected chi connectivity index (χ4v) is 2.03. The van der Waals surface area contributed by atoms with E-state index in [1.54, 1.807) is 25.3 Å². The molecule has 1 fully saturated rings. The molecule has 0 aliphatic heterocycles. The minimum atomic E-state index is -1.11. The number of hydrogen-bond donors (Lipinski definition) is 1. The Hall–Kier alpha value is -1.45. The fraction of sp³-hybridized carbons (Fsp3) is 0.500. The molecule has 0 spiro atoms. The molecular weight excluding hydrogens is 207 g/mol. The molecule has 1 aromatic rings. The Kier molecular flexibility index (Phi) is 2.66. The first-order valence-electron chi connectivity index (χ1n) is 5.39. The van der Waals surface area contributed by atoms with E-state index >= 15 is 0 Å². The smallest absolute Gasteiger partial charge is 0.251 e. The monoisotopic (exact) mass is 222 g/mol. The van der Waals surface area contributed by atoms with Gasteiger partial charge in [-0.3, -0.25) is 9.78 Å². The van der Waals surface area contributed by atoms with Gasteiger partial charge in [-0.05, 0) is 26.0 Å². The summed E-state index contributed by atoms with van der Waals surface area (Å²) in [6.45, 7) is 3.39. The van der Waals surface area contributed by atoms with Crippen molar-refractivity contribution in [1.29, 1.82) is 0 Å². The van der Waals surface area contributed by atoms with Crippen molar-refractivity contribution in [1.82, 2.24) is 10.3 Å². The Labute approximate surface area is 94.1 Å². The van der Waals surface area contributed by atoms with Gasteiger partial charge in [-0.1, -0.05) is 0 Å². The predicted octanol–water partition coefficient (Wildman–Crippen LogP) is 2.01. The quantitative estimate of drug-likeness (QED) is 0.831. The van der Waals surface area contributed by atoms with Gasteiger partial charge in [0.05, 0.1) is 0 Å². The molecule has 4 heteroatoms. The summed E-state index contributed by atoms with van der Waals surface area (Å²) < 4.78 is 13.2. The molecule has 1 amide bonds. The molecule has 0 atom stereocenters. The number of alkyl halides is 1. The average molecular weight is 222 g/mol. The summed E-state index contributed by atoms with van der Waals surface area (Å²) in [5.74, 6) is -0.147. The van der Waals surface area contributed by atoms with Crippen molar-refractivity contribution in [2.75, 3.05) is 0 Å². The molecule has 3 nitrogen and oxygen atoms in total. The van der Waals surface area contributed by atoms with E-state index in [0.717, 1.165) is 5.69 Å². The lowest BCUT2D eigenvalue weighted by Gasteiger charge is -2.38. The Morgan fingerprint density at radius 3 is 2.88 bits per heavy atom.